The SMILES string of the molecule is COC(=O)c1coc(C)c1/C(C)=N/Nc1ccc([N+](=O)[O-])cc1. The molecule has 0 fully saturated rings. The summed E-state index contributed by atoms with van der Waals surface area (Å²) in [6.45, 7) is 3.43. The van der Waals surface area contributed by atoms with Crippen LogP contribution < -0.4 is 5.43 Å². The lowest BCUT2D eigenvalue weighted by molar-refractivity contribution is -0.384. The molecule has 0 bridgehead atoms. The number of nitrogens with one attached hydrogen (secondary N) is 1. The van der Waals surface area contributed by atoms with E-state index in [1.807, 2.05) is 0 Å². The summed E-state index contributed by atoms with van der Waals surface area (Å²) < 4.78 is 9.95. The van der Waals surface area contributed by atoms with Crippen LogP contribution in [0.4, 0.5) is 11.4 Å². The molecule has 0 aliphatic rings. The van der Waals surface area contributed by atoms with Gasteiger partial charge in [0.1, 0.15) is 17.6 Å². The van der Waals surface area contributed by atoms with Crippen molar-refractivity contribution in [3.05, 3.63) is 57.5 Å². The Hall–Kier alpha value is -3.16. The third kappa shape index (κ3) is 3.54. The number of furan rings is 1. The molecule has 0 unspecified atom stereocenters. The molecule has 0 aliphatic carbocycles. The Balaban J connectivity index is 2.22. The first-order chi connectivity index (χ1) is 10.9. The zero-order valence-electron chi connectivity index (χ0n) is 12.8. The van der Waals surface area contributed by atoms with E-state index in [1.54, 1.807) is 26.0 Å². The number of hydrazone groups is 1. The number of carbonyl (C=O) groups excluding carboxylic acids is 1. The van der Waals surface area contributed by atoms with Gasteiger partial charge in [0, 0.05) is 12.1 Å². The summed E-state index contributed by atoms with van der Waals surface area (Å²) in [5.41, 5.74) is 4.72. The number of ether oxygens (including phenoxy) is 1. The van der Waals surface area contributed by atoms with Crippen molar-refractivity contribution >= 4 is 23.1 Å². The van der Waals surface area contributed by atoms with Gasteiger partial charge in [-0.2, -0.15) is 5.10 Å². The van der Waals surface area contributed by atoms with Crippen LogP contribution in [0.2, 0.25) is 0 Å². The van der Waals surface area contributed by atoms with E-state index in [0.717, 1.165) is 0 Å². The van der Waals surface area contributed by atoms with E-state index in [4.69, 9.17) is 9.15 Å². The number of benzene rings is 1. The van der Waals surface area contributed by atoms with Gasteiger partial charge in [0.2, 0.25) is 0 Å². The van der Waals surface area contributed by atoms with Crippen molar-refractivity contribution < 1.29 is 18.9 Å². The molecule has 0 amide bonds. The smallest absolute Gasteiger partial charge is 0.341 e. The summed E-state index contributed by atoms with van der Waals surface area (Å²) in [5.74, 6) is 0.0267. The molecule has 1 heterocycles. The lowest BCUT2D eigenvalue weighted by Crippen LogP contribution is -2.09. The Bertz CT molecular complexity index is 762. The van der Waals surface area contributed by atoms with Crippen molar-refractivity contribution in [2.45, 2.75) is 13.8 Å². The first-order valence-electron chi connectivity index (χ1n) is 6.65. The normalized spacial score (nSPS) is 11.2. The summed E-state index contributed by atoms with van der Waals surface area (Å²) in [4.78, 5) is 21.8. The third-order valence-electron chi connectivity index (χ3n) is 3.17. The maximum absolute atomic E-state index is 11.7. The van der Waals surface area contributed by atoms with Crippen LogP contribution in [-0.2, 0) is 4.74 Å². The molecule has 0 radical (unpaired) electrons. The van der Waals surface area contributed by atoms with Crippen LogP contribution in [0.25, 0.3) is 0 Å². The molecule has 0 saturated carbocycles. The van der Waals surface area contributed by atoms with E-state index in [9.17, 15) is 14.9 Å². The van der Waals surface area contributed by atoms with E-state index in [2.05, 4.69) is 10.5 Å². The fraction of sp³-hybridized carbons (Fsp3) is 0.200. The van der Waals surface area contributed by atoms with Gasteiger partial charge in [-0.25, -0.2) is 4.79 Å². The predicted molar refractivity (Wildman–Crippen MR) is 83.7 cm³/mol. The number of hydrogen-bond donors (Lipinski definition) is 1. The standard InChI is InChI=1S/C15H15N3O5/c1-9(14-10(2)23-8-13(14)15(19)22-3)16-17-11-4-6-12(7-5-11)18(20)21/h4-8,17H,1-3H3/b16-9+. The first kappa shape index (κ1) is 16.2. The Labute approximate surface area is 131 Å². The Morgan fingerprint density at radius 2 is 2.00 bits per heavy atom. The molecule has 1 aromatic heterocycles. The number of esters is 1. The molecule has 0 atom stereocenters. The maximum Gasteiger partial charge on any atom is 0.341 e. The van der Waals surface area contributed by atoms with Crippen LogP contribution in [0.15, 0.2) is 40.0 Å². The topological polar surface area (TPSA) is 107 Å². The number of non-ortho nitro benzene ring substituents is 1. The van der Waals surface area contributed by atoms with E-state index >= 15 is 0 Å². The molecule has 0 aliphatic heterocycles. The zero-order chi connectivity index (χ0) is 17.0. The molecule has 2 aromatic rings. The zero-order valence-corrected chi connectivity index (χ0v) is 12.8. The molecule has 23 heavy (non-hydrogen) atoms. The van der Waals surface area contributed by atoms with Crippen LogP contribution in [0, 0.1) is 17.0 Å². The lowest BCUT2D eigenvalue weighted by Gasteiger charge is -2.04. The van der Waals surface area contributed by atoms with Gasteiger partial charge in [-0.1, -0.05) is 0 Å². The van der Waals surface area contributed by atoms with Gasteiger partial charge in [-0.15, -0.1) is 0 Å². The third-order valence-corrected chi connectivity index (χ3v) is 3.17. The highest BCUT2D eigenvalue weighted by Gasteiger charge is 2.20. The maximum atomic E-state index is 11.7. The first-order valence-corrected chi connectivity index (χ1v) is 6.65. The second-order valence-electron chi connectivity index (χ2n) is 4.69. The largest absolute Gasteiger partial charge is 0.468 e. The number of hydrogen-bond acceptors (Lipinski definition) is 7. The van der Waals surface area contributed by atoms with Crippen LogP contribution in [0.1, 0.15) is 28.6 Å². The van der Waals surface area contributed by atoms with Crippen molar-refractivity contribution in [2.75, 3.05) is 12.5 Å². The minimum absolute atomic E-state index is 0.00471. The van der Waals surface area contributed by atoms with Gasteiger partial charge in [0.15, 0.2) is 0 Å². The van der Waals surface area contributed by atoms with Gasteiger partial charge in [0.05, 0.1) is 29.0 Å². The molecule has 8 nitrogen and oxygen atoms in total. The van der Waals surface area contributed by atoms with Crippen molar-refractivity contribution in [1.82, 2.24) is 0 Å². The monoisotopic (exact) mass is 317 g/mol. The average molecular weight is 317 g/mol. The number of aryl methyl sites for hydroxylation is 1. The van der Waals surface area contributed by atoms with Crippen LogP contribution in [-0.4, -0.2) is 23.7 Å². The van der Waals surface area contributed by atoms with Crippen molar-refractivity contribution in [3.63, 3.8) is 0 Å². The molecular formula is C15H15N3O5. The predicted octanol–water partition coefficient (Wildman–Crippen LogP) is 3.12. The molecule has 1 N–H and O–H groups in total. The summed E-state index contributed by atoms with van der Waals surface area (Å²) in [7, 11) is 1.29. The highest BCUT2D eigenvalue weighted by Crippen LogP contribution is 2.20. The van der Waals surface area contributed by atoms with Crippen molar-refractivity contribution in [1.29, 1.82) is 0 Å². The van der Waals surface area contributed by atoms with E-state index in [1.165, 1.54) is 25.5 Å². The van der Waals surface area contributed by atoms with E-state index in [0.29, 0.717) is 22.7 Å². The lowest BCUT2D eigenvalue weighted by atomic mass is 10.1. The summed E-state index contributed by atoms with van der Waals surface area (Å²) in [5, 5.41) is 14.8. The molecule has 2 rings (SSSR count). The number of nitro groups is 1. The number of anilines is 1. The van der Waals surface area contributed by atoms with Crippen LogP contribution >= 0.6 is 0 Å². The van der Waals surface area contributed by atoms with Crippen molar-refractivity contribution in [2.24, 2.45) is 5.10 Å². The molecular weight excluding hydrogens is 302 g/mol. The van der Waals surface area contributed by atoms with Crippen molar-refractivity contribution in [3.8, 4) is 0 Å². The fourth-order valence-electron chi connectivity index (χ4n) is 2.03. The number of carbonyl (C=O) groups is 1. The van der Waals surface area contributed by atoms with Gasteiger partial charge >= 0.3 is 5.97 Å². The molecule has 0 saturated heterocycles. The fourth-order valence-corrected chi connectivity index (χ4v) is 2.03. The summed E-state index contributed by atoms with van der Waals surface area (Å²) in [6, 6.07) is 5.82. The minimum Gasteiger partial charge on any atom is -0.468 e. The Morgan fingerprint density at radius 3 is 2.57 bits per heavy atom. The molecule has 1 aromatic carbocycles. The summed E-state index contributed by atoms with van der Waals surface area (Å²) >= 11 is 0. The quantitative estimate of drug-likeness (QED) is 0.393. The second-order valence-corrected chi connectivity index (χ2v) is 4.69. The molecule has 120 valence electrons. The van der Waals surface area contributed by atoms with E-state index < -0.39 is 10.9 Å². The number of nitro benzene ring substituents is 1. The van der Waals surface area contributed by atoms with Gasteiger partial charge in [0.25, 0.3) is 5.69 Å². The number of rotatable bonds is 5. The highest BCUT2D eigenvalue weighted by molar-refractivity contribution is 6.08. The molecule has 0 spiro atoms. The summed E-state index contributed by atoms with van der Waals surface area (Å²) in [6.07, 6.45) is 1.32. The Morgan fingerprint density at radius 1 is 1.35 bits per heavy atom. The van der Waals surface area contributed by atoms with Gasteiger partial charge in [-0.3, -0.25) is 15.5 Å². The van der Waals surface area contributed by atoms with Gasteiger partial charge < -0.3 is 9.15 Å². The second kappa shape index (κ2) is 6.73. The number of methoxy groups -OCH3 is 1. The Kier molecular flexibility index (Phi) is 4.75. The molecule has 8 heteroatoms. The number of nitrogens with zero attached hydrogens (tertiary/aromatic N) is 2. The van der Waals surface area contributed by atoms with E-state index in [-0.39, 0.29) is 11.3 Å². The van der Waals surface area contributed by atoms with Gasteiger partial charge in [-0.05, 0) is 26.0 Å². The van der Waals surface area contributed by atoms with Crippen LogP contribution in [0.5, 0.6) is 0 Å². The van der Waals surface area contributed by atoms with Crippen LogP contribution in [0.3, 0.4) is 0 Å². The highest BCUT2D eigenvalue weighted by atomic mass is 16.6. The minimum atomic E-state index is -0.512. The average Bonchev–Trinajstić information content (AvgIpc) is 2.94.